The summed E-state index contributed by atoms with van der Waals surface area (Å²) in [5.74, 6) is 2.30. The second kappa shape index (κ2) is 12.4. The van der Waals surface area contributed by atoms with E-state index in [0.717, 1.165) is 40.7 Å². The molecule has 1 aliphatic carbocycles. The molecular weight excluding hydrogens is 526 g/mol. The third-order valence-electron chi connectivity index (χ3n) is 5.70. The molecule has 0 aliphatic heterocycles. The van der Waals surface area contributed by atoms with Gasteiger partial charge in [-0.1, -0.05) is 19.1 Å². The highest BCUT2D eigenvalue weighted by molar-refractivity contribution is 9.10. The number of alkyl carbamates (subject to hydrolysis) is 1. The second-order valence-electron chi connectivity index (χ2n) is 10.8. The van der Waals surface area contributed by atoms with Gasteiger partial charge in [0.15, 0.2) is 0 Å². The van der Waals surface area contributed by atoms with Crippen LogP contribution in [0.5, 0.6) is 0 Å². The number of nitrogens with one attached hydrogen (secondary N) is 1. The van der Waals surface area contributed by atoms with Crippen molar-refractivity contribution in [3.8, 4) is 11.4 Å². The van der Waals surface area contributed by atoms with Crippen molar-refractivity contribution in [2.75, 3.05) is 6.61 Å². The molecule has 2 aromatic heterocycles. The summed E-state index contributed by atoms with van der Waals surface area (Å²) in [5, 5.41) is 2.88. The normalized spacial score (nSPS) is 14.9. The van der Waals surface area contributed by atoms with Gasteiger partial charge in [0.25, 0.3) is 0 Å². The number of nitrogens with zero attached hydrogens (tertiary/aromatic N) is 4. The molecule has 1 amide bonds. The van der Waals surface area contributed by atoms with Crippen LogP contribution in [0.4, 0.5) is 4.79 Å². The lowest BCUT2D eigenvalue weighted by Gasteiger charge is -2.21. The van der Waals surface area contributed by atoms with Crippen LogP contribution in [-0.4, -0.2) is 52.7 Å². The van der Waals surface area contributed by atoms with Crippen LogP contribution in [0.2, 0.25) is 19.1 Å². The summed E-state index contributed by atoms with van der Waals surface area (Å²) in [4.78, 5) is 26.2. The maximum Gasteiger partial charge on any atom is 0.407 e. The van der Waals surface area contributed by atoms with Crippen molar-refractivity contribution in [3.63, 3.8) is 0 Å². The molecule has 0 radical (unpaired) electrons. The van der Waals surface area contributed by atoms with Crippen LogP contribution in [0, 0.1) is 0 Å². The zero-order valence-corrected chi connectivity index (χ0v) is 24.7. The fourth-order valence-electron chi connectivity index (χ4n) is 3.80. The third-order valence-corrected chi connectivity index (χ3v) is 7.82. The minimum absolute atomic E-state index is 0.0573. The van der Waals surface area contributed by atoms with Gasteiger partial charge in [-0.15, -0.1) is 0 Å². The number of aryl methyl sites for hydroxylation is 1. The van der Waals surface area contributed by atoms with E-state index in [0.29, 0.717) is 25.5 Å². The van der Waals surface area contributed by atoms with Gasteiger partial charge in [0.1, 0.15) is 34.3 Å². The fraction of sp³-hybridized carbons (Fsp3) is 0.680. The summed E-state index contributed by atoms with van der Waals surface area (Å²) in [6.07, 6.45) is 6.18. The Morgan fingerprint density at radius 2 is 2.06 bits per heavy atom. The Labute approximate surface area is 219 Å². The molecule has 0 bridgehead atoms. The van der Waals surface area contributed by atoms with E-state index in [1.807, 2.05) is 33.8 Å². The zero-order valence-electron chi connectivity index (χ0n) is 21.9. The molecule has 2 aromatic rings. The summed E-state index contributed by atoms with van der Waals surface area (Å²) in [6.45, 7) is 13.5. The number of carbonyl (C=O) groups excluding carboxylic acids is 1. The molecule has 0 saturated heterocycles. The zero-order chi connectivity index (χ0) is 25.6. The summed E-state index contributed by atoms with van der Waals surface area (Å²) in [5.41, 5.74) is 1.25. The number of amides is 1. The fourth-order valence-corrected chi connectivity index (χ4v) is 5.38. The Balaban J connectivity index is 1.67. The van der Waals surface area contributed by atoms with E-state index >= 15 is 0 Å². The van der Waals surface area contributed by atoms with Crippen molar-refractivity contribution in [1.82, 2.24) is 24.8 Å². The Bertz CT molecular complexity index is 988. The summed E-state index contributed by atoms with van der Waals surface area (Å²) in [7, 11) is -0.550. The molecule has 0 unspecified atom stereocenters. The topological polar surface area (TPSA) is 91.2 Å². The predicted molar refractivity (Wildman–Crippen MR) is 144 cm³/mol. The first kappa shape index (κ1) is 27.8. The van der Waals surface area contributed by atoms with Gasteiger partial charge >= 0.3 is 6.09 Å². The van der Waals surface area contributed by atoms with Crippen molar-refractivity contribution in [1.29, 1.82) is 0 Å². The van der Waals surface area contributed by atoms with E-state index in [2.05, 4.69) is 43.9 Å². The van der Waals surface area contributed by atoms with Gasteiger partial charge in [-0.25, -0.2) is 19.7 Å². The lowest BCUT2D eigenvalue weighted by Crippen LogP contribution is -2.37. The molecule has 194 valence electrons. The van der Waals surface area contributed by atoms with Gasteiger partial charge in [0.05, 0.1) is 5.69 Å². The van der Waals surface area contributed by atoms with E-state index in [1.54, 1.807) is 6.20 Å². The van der Waals surface area contributed by atoms with Gasteiger partial charge in [-0.05, 0) is 75.4 Å². The maximum atomic E-state index is 12.0. The first-order valence-corrected chi connectivity index (χ1v) is 16.6. The van der Waals surface area contributed by atoms with Crippen LogP contribution < -0.4 is 5.32 Å². The average Bonchev–Trinajstić information content (AvgIpc) is 3.54. The van der Waals surface area contributed by atoms with Crippen LogP contribution in [0.3, 0.4) is 0 Å². The van der Waals surface area contributed by atoms with Gasteiger partial charge < -0.3 is 19.4 Å². The molecule has 1 N–H and O–H groups in total. The highest BCUT2D eigenvalue weighted by atomic mass is 79.9. The van der Waals surface area contributed by atoms with E-state index in [1.165, 1.54) is 18.9 Å². The van der Waals surface area contributed by atoms with Crippen molar-refractivity contribution in [2.24, 2.45) is 0 Å². The average molecular weight is 567 g/mol. The molecule has 0 spiro atoms. The number of rotatable bonds is 12. The number of ether oxygens (including phenoxy) is 2. The molecule has 1 atom stereocenters. The first-order valence-electron chi connectivity index (χ1n) is 12.7. The highest BCUT2D eigenvalue weighted by Gasteiger charge is 2.31. The minimum Gasteiger partial charge on any atom is -0.444 e. The number of halogens is 1. The van der Waals surface area contributed by atoms with Crippen LogP contribution in [0.1, 0.15) is 70.9 Å². The summed E-state index contributed by atoms with van der Waals surface area (Å²) >= 11 is 3.68. The predicted octanol–water partition coefficient (Wildman–Crippen LogP) is 5.68. The third kappa shape index (κ3) is 8.99. The molecule has 1 saturated carbocycles. The molecule has 10 heteroatoms. The van der Waals surface area contributed by atoms with Crippen LogP contribution in [0.15, 0.2) is 16.9 Å². The lowest BCUT2D eigenvalue weighted by molar-refractivity contribution is 0.0506. The smallest absolute Gasteiger partial charge is 0.407 e. The van der Waals surface area contributed by atoms with Crippen LogP contribution in [0.25, 0.3) is 11.4 Å². The Kier molecular flexibility index (Phi) is 9.89. The van der Waals surface area contributed by atoms with Gasteiger partial charge in [-0.2, -0.15) is 0 Å². The SMILES string of the molecule is C[C@@H](CCc1nccc(-c2c(Br)nc(C3CC3)n2COCCC[SiH](C)C)n1)NC(=O)OC(C)(C)C. The van der Waals surface area contributed by atoms with Gasteiger partial charge in [0.2, 0.25) is 0 Å². The Hall–Kier alpha value is -1.78. The van der Waals surface area contributed by atoms with Crippen LogP contribution >= 0.6 is 15.9 Å². The van der Waals surface area contributed by atoms with E-state index in [-0.39, 0.29) is 6.04 Å². The van der Waals surface area contributed by atoms with Crippen molar-refractivity contribution >= 4 is 30.8 Å². The second-order valence-corrected chi connectivity index (χ2v) is 14.9. The molecule has 2 heterocycles. The highest BCUT2D eigenvalue weighted by Crippen LogP contribution is 2.42. The monoisotopic (exact) mass is 565 g/mol. The molecule has 35 heavy (non-hydrogen) atoms. The Morgan fingerprint density at radius 1 is 1.31 bits per heavy atom. The van der Waals surface area contributed by atoms with E-state index in [4.69, 9.17) is 19.4 Å². The number of hydrogen-bond acceptors (Lipinski definition) is 6. The molecule has 8 nitrogen and oxygen atoms in total. The van der Waals surface area contributed by atoms with Gasteiger partial charge in [0, 0.05) is 40.0 Å². The van der Waals surface area contributed by atoms with Crippen molar-refractivity contribution in [3.05, 3.63) is 28.5 Å². The quantitative estimate of drug-likeness (QED) is 0.263. The molecule has 1 fully saturated rings. The van der Waals surface area contributed by atoms with Gasteiger partial charge in [-0.3, -0.25) is 0 Å². The summed E-state index contributed by atoms with van der Waals surface area (Å²) < 4.78 is 14.4. The molecule has 1 aliphatic rings. The van der Waals surface area contributed by atoms with Crippen molar-refractivity contribution in [2.45, 2.75) is 103 Å². The largest absolute Gasteiger partial charge is 0.444 e. The maximum absolute atomic E-state index is 12.0. The Morgan fingerprint density at radius 3 is 2.71 bits per heavy atom. The summed E-state index contributed by atoms with van der Waals surface area (Å²) in [6, 6.07) is 3.16. The minimum atomic E-state index is -0.550. The standard InChI is InChI=1S/C25H40BrN5O3Si/c1-17(28-24(32)34-25(2,3)4)8-11-20-27-13-12-19(29-20)21-22(26)30-23(18-9-10-18)31(21)16-33-14-7-15-35(5)6/h12-13,17-18,35H,7-11,14-16H2,1-6H3,(H,28,32)/t17-/m0/s1. The van der Waals surface area contributed by atoms with E-state index in [9.17, 15) is 4.79 Å². The molecule has 0 aromatic carbocycles. The molecule has 3 rings (SSSR count). The van der Waals surface area contributed by atoms with Crippen LogP contribution in [-0.2, 0) is 22.6 Å². The van der Waals surface area contributed by atoms with E-state index < -0.39 is 20.5 Å². The van der Waals surface area contributed by atoms with Crippen molar-refractivity contribution < 1.29 is 14.3 Å². The number of aromatic nitrogens is 4. The molecular formula is C25H40BrN5O3Si. The number of imidazole rings is 1. The number of hydrogen-bond donors (Lipinski definition) is 1. The lowest BCUT2D eigenvalue weighted by atomic mass is 10.1. The first-order chi connectivity index (χ1) is 16.5. The number of carbonyl (C=O) groups is 1.